The molecule has 0 spiro atoms. The number of fused-ring (bicyclic) bond motifs is 2. The van der Waals surface area contributed by atoms with Crippen molar-refractivity contribution in [1.29, 1.82) is 5.26 Å². The fourth-order valence-electron chi connectivity index (χ4n) is 4.07. The van der Waals surface area contributed by atoms with Gasteiger partial charge in [-0.05, 0) is 63.8 Å². The molecule has 2 saturated heterocycles. The Bertz CT molecular complexity index is 736. The second-order valence-corrected chi connectivity index (χ2v) is 8.70. The van der Waals surface area contributed by atoms with Crippen molar-refractivity contribution in [2.24, 2.45) is 5.73 Å². The number of ether oxygens (including phenoxy) is 1. The Kier molecular flexibility index (Phi) is 5.34. The van der Waals surface area contributed by atoms with Crippen LogP contribution in [0, 0.1) is 11.3 Å². The number of nitrogens with zero attached hydrogens (tertiary/aromatic N) is 3. The Morgan fingerprint density at radius 1 is 1.33 bits per heavy atom. The van der Waals surface area contributed by atoms with Crippen molar-refractivity contribution < 1.29 is 9.53 Å². The summed E-state index contributed by atoms with van der Waals surface area (Å²) >= 11 is 0. The standard InChI is InChI=1S/C21H30N4O2/c1-14(10-22)15-5-8-19(16(9-15)11-23)24-12-17-6-7-18(13-24)25(17)20(26)27-21(2,3)4/h5,8-9,14,17-18H,6-7,10,12-13,22H2,1-4H3. The molecule has 3 unspecified atom stereocenters. The molecule has 0 aliphatic carbocycles. The number of carbonyl (C=O) groups is 1. The molecule has 6 nitrogen and oxygen atoms in total. The molecule has 2 heterocycles. The van der Waals surface area contributed by atoms with Crippen molar-refractivity contribution in [3.8, 4) is 6.07 Å². The molecule has 2 aliphatic rings. The normalized spacial score (nSPS) is 23.1. The molecule has 27 heavy (non-hydrogen) atoms. The van der Waals surface area contributed by atoms with Gasteiger partial charge in [-0.25, -0.2) is 4.79 Å². The third-order valence-electron chi connectivity index (χ3n) is 5.49. The molecule has 0 saturated carbocycles. The number of anilines is 1. The summed E-state index contributed by atoms with van der Waals surface area (Å²) in [6, 6.07) is 8.65. The summed E-state index contributed by atoms with van der Waals surface area (Å²) in [4.78, 5) is 16.8. The van der Waals surface area contributed by atoms with Crippen molar-refractivity contribution >= 4 is 11.8 Å². The zero-order valence-electron chi connectivity index (χ0n) is 16.7. The van der Waals surface area contributed by atoms with Crippen molar-refractivity contribution in [1.82, 2.24) is 4.90 Å². The third-order valence-corrected chi connectivity index (χ3v) is 5.49. The number of carbonyl (C=O) groups excluding carboxylic acids is 1. The first-order valence-corrected chi connectivity index (χ1v) is 9.74. The molecule has 2 bridgehead atoms. The summed E-state index contributed by atoms with van der Waals surface area (Å²) in [5.74, 6) is 0.228. The van der Waals surface area contributed by atoms with Crippen molar-refractivity contribution in [2.75, 3.05) is 24.5 Å². The van der Waals surface area contributed by atoms with Gasteiger partial charge in [0.2, 0.25) is 0 Å². The first kappa shape index (κ1) is 19.5. The molecule has 2 aliphatic heterocycles. The SMILES string of the molecule is CC(CN)c1ccc(N2CC3CCC(C2)N3C(=O)OC(C)(C)C)c(C#N)c1. The smallest absolute Gasteiger partial charge is 0.410 e. The van der Waals surface area contributed by atoms with Crippen LogP contribution in [-0.4, -0.2) is 48.3 Å². The summed E-state index contributed by atoms with van der Waals surface area (Å²) in [6.45, 7) is 9.77. The number of amides is 1. The first-order chi connectivity index (χ1) is 12.7. The Balaban J connectivity index is 1.79. The topological polar surface area (TPSA) is 82.6 Å². The van der Waals surface area contributed by atoms with E-state index in [-0.39, 0.29) is 24.1 Å². The number of hydrogen-bond donors (Lipinski definition) is 1. The van der Waals surface area contributed by atoms with Crippen molar-refractivity contribution in [2.45, 2.75) is 64.1 Å². The highest BCUT2D eigenvalue weighted by Gasteiger charge is 2.44. The molecule has 0 radical (unpaired) electrons. The minimum atomic E-state index is -0.489. The van der Waals surface area contributed by atoms with E-state index in [9.17, 15) is 10.1 Å². The average Bonchev–Trinajstić information content (AvgIpc) is 2.89. The van der Waals surface area contributed by atoms with Gasteiger partial charge < -0.3 is 15.4 Å². The molecular weight excluding hydrogens is 340 g/mol. The minimum Gasteiger partial charge on any atom is -0.444 e. The Labute approximate surface area is 161 Å². The van der Waals surface area contributed by atoms with E-state index < -0.39 is 5.60 Å². The lowest BCUT2D eigenvalue weighted by molar-refractivity contribution is 0.0123. The minimum absolute atomic E-state index is 0.132. The maximum absolute atomic E-state index is 12.6. The molecular formula is C21H30N4O2. The summed E-state index contributed by atoms with van der Waals surface area (Å²) in [5.41, 5.74) is 8.00. The number of nitrogens with two attached hydrogens (primary N) is 1. The van der Waals surface area contributed by atoms with E-state index in [1.54, 1.807) is 0 Å². The molecule has 1 aromatic carbocycles. The van der Waals surface area contributed by atoms with Crippen LogP contribution in [0.3, 0.4) is 0 Å². The number of rotatable bonds is 3. The lowest BCUT2D eigenvalue weighted by atomic mass is 9.97. The van der Waals surface area contributed by atoms with Crippen molar-refractivity contribution in [3.63, 3.8) is 0 Å². The predicted molar refractivity (Wildman–Crippen MR) is 106 cm³/mol. The van der Waals surface area contributed by atoms with E-state index in [4.69, 9.17) is 10.5 Å². The van der Waals surface area contributed by atoms with Crippen LogP contribution in [0.4, 0.5) is 10.5 Å². The molecule has 2 N–H and O–H groups in total. The van der Waals surface area contributed by atoms with Gasteiger partial charge in [-0.2, -0.15) is 5.26 Å². The maximum atomic E-state index is 12.6. The van der Waals surface area contributed by atoms with Gasteiger partial charge in [0.05, 0.1) is 23.3 Å². The molecule has 6 heteroatoms. The average molecular weight is 370 g/mol. The van der Waals surface area contributed by atoms with E-state index in [0.717, 1.165) is 37.2 Å². The van der Waals surface area contributed by atoms with Crippen LogP contribution in [0.1, 0.15) is 57.6 Å². The highest BCUT2D eigenvalue weighted by atomic mass is 16.6. The third kappa shape index (κ3) is 4.03. The molecule has 1 amide bonds. The quantitative estimate of drug-likeness (QED) is 0.883. The second kappa shape index (κ2) is 7.40. The van der Waals surface area contributed by atoms with E-state index in [0.29, 0.717) is 12.1 Å². The predicted octanol–water partition coefficient (Wildman–Crippen LogP) is 3.21. The Morgan fingerprint density at radius 3 is 2.48 bits per heavy atom. The zero-order chi connectivity index (χ0) is 19.8. The van der Waals surface area contributed by atoms with Gasteiger partial charge in [0.1, 0.15) is 11.7 Å². The summed E-state index contributed by atoms with van der Waals surface area (Å²) in [5, 5.41) is 9.65. The molecule has 3 atom stereocenters. The largest absolute Gasteiger partial charge is 0.444 e. The molecule has 1 aromatic rings. The van der Waals surface area contributed by atoms with Crippen molar-refractivity contribution in [3.05, 3.63) is 29.3 Å². The number of benzene rings is 1. The Morgan fingerprint density at radius 2 is 1.96 bits per heavy atom. The van der Waals surface area contributed by atoms with Gasteiger partial charge in [0, 0.05) is 13.1 Å². The van der Waals surface area contributed by atoms with Crippen LogP contribution in [0.5, 0.6) is 0 Å². The van der Waals surface area contributed by atoms with Gasteiger partial charge in [0.25, 0.3) is 0 Å². The van der Waals surface area contributed by atoms with Gasteiger partial charge >= 0.3 is 6.09 Å². The lowest BCUT2D eigenvalue weighted by Gasteiger charge is -2.42. The van der Waals surface area contributed by atoms with Gasteiger partial charge in [0.15, 0.2) is 0 Å². The summed E-state index contributed by atoms with van der Waals surface area (Å²) in [7, 11) is 0. The van der Waals surface area contributed by atoms with E-state index in [1.807, 2.05) is 37.8 Å². The monoisotopic (exact) mass is 370 g/mol. The van der Waals surface area contributed by atoms with Crippen LogP contribution < -0.4 is 10.6 Å². The lowest BCUT2D eigenvalue weighted by Crippen LogP contribution is -2.57. The van der Waals surface area contributed by atoms with Gasteiger partial charge in [-0.15, -0.1) is 0 Å². The van der Waals surface area contributed by atoms with Crippen LogP contribution in [0.15, 0.2) is 18.2 Å². The number of piperazine rings is 1. The molecule has 2 fully saturated rings. The molecule has 3 rings (SSSR count). The van der Waals surface area contributed by atoms with E-state index in [2.05, 4.69) is 24.0 Å². The molecule has 0 aromatic heterocycles. The van der Waals surface area contributed by atoms with Crippen LogP contribution in [0.25, 0.3) is 0 Å². The van der Waals surface area contributed by atoms with Gasteiger partial charge in [-0.1, -0.05) is 13.0 Å². The zero-order valence-corrected chi connectivity index (χ0v) is 16.7. The number of hydrogen-bond acceptors (Lipinski definition) is 5. The number of nitriles is 1. The Hall–Kier alpha value is -2.26. The maximum Gasteiger partial charge on any atom is 0.410 e. The second-order valence-electron chi connectivity index (χ2n) is 8.70. The van der Waals surface area contributed by atoms with Gasteiger partial charge in [-0.3, -0.25) is 4.90 Å². The van der Waals surface area contributed by atoms with E-state index in [1.165, 1.54) is 0 Å². The van der Waals surface area contributed by atoms with Crippen LogP contribution >= 0.6 is 0 Å². The molecule has 146 valence electrons. The van der Waals surface area contributed by atoms with Crippen LogP contribution in [-0.2, 0) is 4.74 Å². The highest BCUT2D eigenvalue weighted by Crippen LogP contribution is 2.35. The fraction of sp³-hybridized carbons (Fsp3) is 0.619. The highest BCUT2D eigenvalue weighted by molar-refractivity contribution is 5.71. The fourth-order valence-corrected chi connectivity index (χ4v) is 4.07. The van der Waals surface area contributed by atoms with Crippen LogP contribution in [0.2, 0.25) is 0 Å². The van der Waals surface area contributed by atoms with E-state index >= 15 is 0 Å². The summed E-state index contributed by atoms with van der Waals surface area (Å²) in [6.07, 6.45) is 1.73. The summed E-state index contributed by atoms with van der Waals surface area (Å²) < 4.78 is 5.60. The first-order valence-electron chi connectivity index (χ1n) is 9.74.